The average Bonchev–Trinajstić information content (AvgIpc) is 2.36. The van der Waals surface area contributed by atoms with Gasteiger partial charge < -0.3 is 10.2 Å². The molecular formula is C8H14N2O4. The van der Waals surface area contributed by atoms with Crippen molar-refractivity contribution in [2.75, 3.05) is 13.5 Å². The number of aliphatic hydroxyl groups excluding tert-OH is 2. The molecule has 6 heteroatoms. The van der Waals surface area contributed by atoms with Crippen molar-refractivity contribution in [2.45, 2.75) is 25.8 Å². The molecule has 1 unspecified atom stereocenters. The Labute approximate surface area is 81.7 Å². The van der Waals surface area contributed by atoms with Crippen molar-refractivity contribution in [3.63, 3.8) is 0 Å². The zero-order chi connectivity index (χ0) is 10.9. The van der Waals surface area contributed by atoms with Crippen LogP contribution in [0.4, 0.5) is 4.79 Å². The summed E-state index contributed by atoms with van der Waals surface area (Å²) in [5.41, 5.74) is -1.03. The second kappa shape index (κ2) is 3.55. The molecule has 1 aliphatic rings. The summed E-state index contributed by atoms with van der Waals surface area (Å²) in [6.45, 7) is 2.14. The van der Waals surface area contributed by atoms with Crippen molar-refractivity contribution in [3.05, 3.63) is 0 Å². The number of carbonyl (C=O) groups is 2. The summed E-state index contributed by atoms with van der Waals surface area (Å²) in [5.74, 6) is -0.471. The Morgan fingerprint density at radius 3 is 2.14 bits per heavy atom. The molecule has 6 nitrogen and oxygen atoms in total. The van der Waals surface area contributed by atoms with Crippen LogP contribution in [0.1, 0.15) is 20.3 Å². The van der Waals surface area contributed by atoms with Crippen LogP contribution in [-0.4, -0.2) is 51.0 Å². The van der Waals surface area contributed by atoms with Crippen molar-refractivity contribution >= 4 is 11.9 Å². The van der Waals surface area contributed by atoms with Crippen LogP contribution in [0.25, 0.3) is 0 Å². The molecule has 1 rings (SSSR count). The van der Waals surface area contributed by atoms with Gasteiger partial charge in [-0.05, 0) is 13.3 Å². The quantitative estimate of drug-likeness (QED) is 0.594. The maximum Gasteiger partial charge on any atom is 0.331 e. The summed E-state index contributed by atoms with van der Waals surface area (Å²) in [5, 5.41) is 17.8. The van der Waals surface area contributed by atoms with Crippen LogP contribution in [0.2, 0.25) is 0 Å². The van der Waals surface area contributed by atoms with Crippen LogP contribution in [0.3, 0.4) is 0 Å². The molecule has 1 aliphatic heterocycles. The molecule has 0 aromatic carbocycles. The molecule has 0 bridgehead atoms. The third-order valence-corrected chi connectivity index (χ3v) is 2.73. The first-order valence-corrected chi connectivity index (χ1v) is 4.38. The van der Waals surface area contributed by atoms with Gasteiger partial charge in [-0.1, -0.05) is 6.92 Å². The minimum atomic E-state index is -1.03. The number of urea groups is 1. The minimum absolute atomic E-state index is 0.397. The Hall–Kier alpha value is -1.14. The Kier molecular flexibility index (Phi) is 2.77. The van der Waals surface area contributed by atoms with E-state index in [1.165, 1.54) is 0 Å². The predicted octanol–water partition coefficient (Wildman–Crippen LogP) is -0.681. The molecule has 1 heterocycles. The molecule has 0 aliphatic carbocycles. The second-order valence-corrected chi connectivity index (χ2v) is 3.35. The van der Waals surface area contributed by atoms with Gasteiger partial charge in [-0.2, -0.15) is 0 Å². The fraction of sp³-hybridized carbons (Fsp3) is 0.750. The number of nitrogens with zero attached hydrogens (tertiary/aromatic N) is 2. The van der Waals surface area contributed by atoms with E-state index in [1.807, 2.05) is 0 Å². The first kappa shape index (κ1) is 10.9. The lowest BCUT2D eigenvalue weighted by Crippen LogP contribution is -2.46. The van der Waals surface area contributed by atoms with Gasteiger partial charge in [-0.15, -0.1) is 0 Å². The highest BCUT2D eigenvalue weighted by molar-refractivity contribution is 6.06. The lowest BCUT2D eigenvalue weighted by Gasteiger charge is -2.28. The van der Waals surface area contributed by atoms with Crippen molar-refractivity contribution in [3.8, 4) is 0 Å². The van der Waals surface area contributed by atoms with Crippen LogP contribution >= 0.6 is 0 Å². The summed E-state index contributed by atoms with van der Waals surface area (Å²) in [7, 11) is 0. The van der Waals surface area contributed by atoms with Gasteiger partial charge in [0.2, 0.25) is 0 Å². The number of amides is 3. The van der Waals surface area contributed by atoms with Crippen LogP contribution in [0.5, 0.6) is 0 Å². The minimum Gasteiger partial charge on any atom is -0.376 e. The monoisotopic (exact) mass is 202 g/mol. The van der Waals surface area contributed by atoms with E-state index >= 15 is 0 Å². The third kappa shape index (κ3) is 1.18. The number of imide groups is 1. The molecule has 80 valence electrons. The van der Waals surface area contributed by atoms with E-state index in [9.17, 15) is 9.59 Å². The van der Waals surface area contributed by atoms with E-state index in [4.69, 9.17) is 10.2 Å². The number of aliphatic hydroxyl groups is 2. The molecule has 3 amide bonds. The number of hydrogen-bond donors (Lipinski definition) is 2. The fourth-order valence-corrected chi connectivity index (χ4v) is 1.53. The SMILES string of the molecule is CCC1(C)C(=O)N(CO)C(=O)N1CO. The van der Waals surface area contributed by atoms with Gasteiger partial charge in [0.05, 0.1) is 0 Å². The van der Waals surface area contributed by atoms with Gasteiger partial charge in [0.25, 0.3) is 5.91 Å². The molecule has 0 radical (unpaired) electrons. The molecular weight excluding hydrogens is 188 g/mol. The molecule has 0 saturated carbocycles. The molecule has 14 heavy (non-hydrogen) atoms. The maximum absolute atomic E-state index is 11.7. The molecule has 1 saturated heterocycles. The van der Waals surface area contributed by atoms with Gasteiger partial charge >= 0.3 is 6.03 Å². The van der Waals surface area contributed by atoms with Crippen LogP contribution in [0.15, 0.2) is 0 Å². The van der Waals surface area contributed by atoms with E-state index in [2.05, 4.69) is 0 Å². The maximum atomic E-state index is 11.7. The fourth-order valence-electron chi connectivity index (χ4n) is 1.53. The van der Waals surface area contributed by atoms with Crippen molar-refractivity contribution < 1.29 is 19.8 Å². The van der Waals surface area contributed by atoms with Crippen LogP contribution < -0.4 is 0 Å². The van der Waals surface area contributed by atoms with E-state index in [1.54, 1.807) is 13.8 Å². The number of hydrogen-bond acceptors (Lipinski definition) is 4. The zero-order valence-corrected chi connectivity index (χ0v) is 8.23. The number of carbonyl (C=O) groups excluding carboxylic acids is 2. The molecule has 0 spiro atoms. The molecule has 2 N–H and O–H groups in total. The number of rotatable bonds is 3. The average molecular weight is 202 g/mol. The first-order valence-electron chi connectivity index (χ1n) is 4.38. The third-order valence-electron chi connectivity index (χ3n) is 2.73. The topological polar surface area (TPSA) is 81.1 Å². The summed E-state index contributed by atoms with van der Waals surface area (Å²) < 4.78 is 0. The highest BCUT2D eigenvalue weighted by Gasteiger charge is 2.52. The molecule has 0 aromatic heterocycles. The van der Waals surface area contributed by atoms with E-state index in [-0.39, 0.29) is 0 Å². The standard InChI is InChI=1S/C8H14N2O4/c1-3-8(2)6(13)9(4-11)7(14)10(8)5-12/h11-12H,3-5H2,1-2H3. The Morgan fingerprint density at radius 2 is 1.86 bits per heavy atom. The van der Waals surface area contributed by atoms with Gasteiger partial charge in [-0.3, -0.25) is 9.69 Å². The first-order chi connectivity index (χ1) is 6.52. The summed E-state index contributed by atoms with van der Waals surface area (Å²) in [4.78, 5) is 24.9. The van der Waals surface area contributed by atoms with Crippen molar-refractivity contribution in [1.82, 2.24) is 9.80 Å². The predicted molar refractivity (Wildman–Crippen MR) is 46.9 cm³/mol. The lowest BCUT2D eigenvalue weighted by molar-refractivity contribution is -0.135. The van der Waals surface area contributed by atoms with Gasteiger partial charge in [0.1, 0.15) is 19.0 Å². The highest BCUT2D eigenvalue weighted by Crippen LogP contribution is 2.29. The molecule has 1 fully saturated rings. The van der Waals surface area contributed by atoms with Crippen LogP contribution in [-0.2, 0) is 4.79 Å². The van der Waals surface area contributed by atoms with Crippen molar-refractivity contribution in [2.24, 2.45) is 0 Å². The summed E-state index contributed by atoms with van der Waals surface area (Å²) >= 11 is 0. The highest BCUT2D eigenvalue weighted by atomic mass is 16.3. The van der Waals surface area contributed by atoms with E-state index in [0.29, 0.717) is 6.42 Å². The molecule has 0 aromatic rings. The Bertz CT molecular complexity index is 268. The largest absolute Gasteiger partial charge is 0.376 e. The van der Waals surface area contributed by atoms with E-state index < -0.39 is 30.9 Å². The van der Waals surface area contributed by atoms with Crippen LogP contribution in [0, 0.1) is 0 Å². The normalized spacial score (nSPS) is 27.7. The lowest BCUT2D eigenvalue weighted by atomic mass is 9.98. The molecule has 1 atom stereocenters. The van der Waals surface area contributed by atoms with Gasteiger partial charge in [0, 0.05) is 0 Å². The van der Waals surface area contributed by atoms with Gasteiger partial charge in [-0.25, -0.2) is 9.69 Å². The van der Waals surface area contributed by atoms with E-state index in [0.717, 1.165) is 9.80 Å². The Balaban J connectivity index is 3.08. The zero-order valence-electron chi connectivity index (χ0n) is 8.23. The Morgan fingerprint density at radius 1 is 1.29 bits per heavy atom. The second-order valence-electron chi connectivity index (χ2n) is 3.35. The smallest absolute Gasteiger partial charge is 0.331 e. The summed E-state index contributed by atoms with van der Waals surface area (Å²) in [6.07, 6.45) is 0.397. The van der Waals surface area contributed by atoms with Crippen molar-refractivity contribution in [1.29, 1.82) is 0 Å². The summed E-state index contributed by atoms with van der Waals surface area (Å²) in [6, 6.07) is -0.649. The van der Waals surface area contributed by atoms with Gasteiger partial charge in [0.15, 0.2) is 0 Å².